The van der Waals surface area contributed by atoms with Gasteiger partial charge in [0.25, 0.3) is 0 Å². The molecule has 152 valence electrons. The van der Waals surface area contributed by atoms with E-state index in [1.165, 1.54) is 12.1 Å². The number of nitro groups is 1. The van der Waals surface area contributed by atoms with Gasteiger partial charge in [-0.1, -0.05) is 13.0 Å². The first kappa shape index (κ1) is 20.2. The maximum absolute atomic E-state index is 12.5. The number of carbonyl (C=O) groups excluding carboxylic acids is 1. The fourth-order valence-corrected chi connectivity index (χ4v) is 2.97. The van der Waals surface area contributed by atoms with Gasteiger partial charge in [0.2, 0.25) is 11.9 Å². The van der Waals surface area contributed by atoms with E-state index in [1.807, 2.05) is 11.8 Å². The fourth-order valence-electron chi connectivity index (χ4n) is 2.97. The number of ether oxygens (including phenoxy) is 1. The van der Waals surface area contributed by atoms with Crippen molar-refractivity contribution in [2.24, 2.45) is 0 Å². The summed E-state index contributed by atoms with van der Waals surface area (Å²) < 4.78 is 5.41. The second-order valence-electron chi connectivity index (χ2n) is 6.53. The van der Waals surface area contributed by atoms with Crippen LogP contribution in [-0.4, -0.2) is 58.5 Å². The van der Waals surface area contributed by atoms with E-state index in [1.54, 1.807) is 41.6 Å². The molecule has 0 saturated carbocycles. The van der Waals surface area contributed by atoms with Crippen LogP contribution in [0.5, 0.6) is 5.75 Å². The number of nitrogens with zero attached hydrogens (tertiary/aromatic N) is 5. The van der Waals surface area contributed by atoms with Crippen LogP contribution in [0.1, 0.15) is 18.9 Å². The minimum absolute atomic E-state index is 0.107. The second-order valence-corrected chi connectivity index (χ2v) is 6.53. The summed E-state index contributed by atoms with van der Waals surface area (Å²) in [6, 6.07) is 6.45. The van der Waals surface area contributed by atoms with Crippen LogP contribution >= 0.6 is 0 Å². The van der Waals surface area contributed by atoms with Gasteiger partial charge in [0, 0.05) is 50.7 Å². The Morgan fingerprint density at radius 2 is 1.97 bits per heavy atom. The molecule has 1 aliphatic heterocycles. The average Bonchev–Trinajstić information content (AvgIpc) is 2.77. The van der Waals surface area contributed by atoms with Gasteiger partial charge in [0.05, 0.1) is 11.5 Å². The first-order chi connectivity index (χ1) is 14.1. The molecular formula is C20H23N5O4. The zero-order chi connectivity index (χ0) is 20.6. The average molecular weight is 397 g/mol. The molecule has 1 saturated heterocycles. The largest absolute Gasteiger partial charge is 0.487 e. The van der Waals surface area contributed by atoms with E-state index < -0.39 is 4.92 Å². The highest BCUT2D eigenvalue weighted by Gasteiger charge is 2.21. The third-order valence-corrected chi connectivity index (χ3v) is 4.49. The lowest BCUT2D eigenvalue weighted by Crippen LogP contribution is -2.48. The van der Waals surface area contributed by atoms with Crippen LogP contribution in [0.15, 0.2) is 42.7 Å². The third kappa shape index (κ3) is 5.28. The van der Waals surface area contributed by atoms with Crippen molar-refractivity contribution in [3.63, 3.8) is 0 Å². The summed E-state index contributed by atoms with van der Waals surface area (Å²) in [4.78, 5) is 35.5. The van der Waals surface area contributed by atoms with Crippen molar-refractivity contribution >= 4 is 23.6 Å². The van der Waals surface area contributed by atoms with E-state index in [4.69, 9.17) is 4.74 Å². The number of hydrogen-bond donors (Lipinski definition) is 0. The number of amides is 1. The molecule has 9 heteroatoms. The van der Waals surface area contributed by atoms with Crippen molar-refractivity contribution in [2.75, 3.05) is 37.7 Å². The quantitative estimate of drug-likeness (QED) is 0.402. The smallest absolute Gasteiger partial charge is 0.311 e. The molecule has 0 N–H and O–H groups in total. The molecule has 2 heterocycles. The maximum atomic E-state index is 12.5. The molecule has 1 aromatic heterocycles. The maximum Gasteiger partial charge on any atom is 0.311 e. The number of benzene rings is 1. The highest BCUT2D eigenvalue weighted by molar-refractivity contribution is 5.92. The Labute approximate surface area is 168 Å². The lowest BCUT2D eigenvalue weighted by Gasteiger charge is -2.34. The molecule has 1 aliphatic rings. The van der Waals surface area contributed by atoms with Gasteiger partial charge in [-0.25, -0.2) is 9.97 Å². The molecule has 0 unspecified atom stereocenters. The fraction of sp³-hybridized carbons (Fsp3) is 0.350. The lowest BCUT2D eigenvalue weighted by atomic mass is 10.1. The van der Waals surface area contributed by atoms with Gasteiger partial charge in [-0.3, -0.25) is 14.9 Å². The Morgan fingerprint density at radius 1 is 1.24 bits per heavy atom. The Hall–Kier alpha value is -3.49. The zero-order valence-corrected chi connectivity index (χ0v) is 16.2. The molecule has 2 aromatic rings. The van der Waals surface area contributed by atoms with Crippen LogP contribution in [-0.2, 0) is 4.79 Å². The molecule has 0 radical (unpaired) electrons. The molecule has 0 atom stereocenters. The number of carbonyl (C=O) groups is 1. The van der Waals surface area contributed by atoms with E-state index in [2.05, 4.69) is 9.97 Å². The normalized spacial score (nSPS) is 14.2. The van der Waals surface area contributed by atoms with Crippen LogP contribution in [0, 0.1) is 10.1 Å². The number of rotatable bonds is 7. The van der Waals surface area contributed by atoms with Crippen molar-refractivity contribution in [1.82, 2.24) is 14.9 Å². The summed E-state index contributed by atoms with van der Waals surface area (Å²) in [6.45, 7) is 4.77. The molecule has 0 spiro atoms. The van der Waals surface area contributed by atoms with Gasteiger partial charge in [0.15, 0.2) is 5.75 Å². The second kappa shape index (κ2) is 9.63. The molecule has 3 rings (SSSR count). The van der Waals surface area contributed by atoms with Gasteiger partial charge in [-0.05, 0) is 30.2 Å². The number of hydrogen-bond acceptors (Lipinski definition) is 7. The highest BCUT2D eigenvalue weighted by atomic mass is 16.6. The summed E-state index contributed by atoms with van der Waals surface area (Å²) in [5.74, 6) is 0.764. The molecule has 1 aromatic carbocycles. The van der Waals surface area contributed by atoms with Crippen LogP contribution < -0.4 is 9.64 Å². The molecule has 0 aliphatic carbocycles. The molecule has 0 bridgehead atoms. The minimum atomic E-state index is -0.477. The predicted octanol–water partition coefficient (Wildman–Crippen LogP) is 2.54. The van der Waals surface area contributed by atoms with Crippen LogP contribution in [0.2, 0.25) is 0 Å². The van der Waals surface area contributed by atoms with Gasteiger partial charge >= 0.3 is 5.69 Å². The minimum Gasteiger partial charge on any atom is -0.487 e. The topological polar surface area (TPSA) is 102 Å². The first-order valence-electron chi connectivity index (χ1n) is 9.48. The van der Waals surface area contributed by atoms with Crippen molar-refractivity contribution < 1.29 is 14.5 Å². The number of aromatic nitrogens is 2. The highest BCUT2D eigenvalue weighted by Crippen LogP contribution is 2.28. The van der Waals surface area contributed by atoms with E-state index >= 15 is 0 Å². The zero-order valence-electron chi connectivity index (χ0n) is 16.2. The Balaban J connectivity index is 1.60. The summed E-state index contributed by atoms with van der Waals surface area (Å²) in [7, 11) is 0. The first-order valence-corrected chi connectivity index (χ1v) is 9.48. The van der Waals surface area contributed by atoms with Crippen LogP contribution in [0.4, 0.5) is 11.6 Å². The number of piperazine rings is 1. The van der Waals surface area contributed by atoms with Gasteiger partial charge in [0.1, 0.15) is 0 Å². The molecular weight excluding hydrogens is 374 g/mol. The summed E-state index contributed by atoms with van der Waals surface area (Å²) in [5.41, 5.74) is 0.467. The SMILES string of the molecule is CCCOc1ccc(/C=C/C(=O)N2CCN(c3ncccn3)CC2)cc1[N+](=O)[O-]. The molecule has 1 fully saturated rings. The van der Waals surface area contributed by atoms with Crippen molar-refractivity contribution in [2.45, 2.75) is 13.3 Å². The summed E-state index contributed by atoms with van der Waals surface area (Å²) >= 11 is 0. The summed E-state index contributed by atoms with van der Waals surface area (Å²) in [6.07, 6.45) is 7.18. The monoisotopic (exact) mass is 397 g/mol. The standard InChI is InChI=1S/C20H23N5O4/c1-2-14-29-18-6-4-16(15-17(18)25(27)28)5-7-19(26)23-10-12-24(13-11-23)20-21-8-3-9-22-20/h3-9,15H,2,10-14H2,1H3/b7-5+. The molecule has 9 nitrogen and oxygen atoms in total. The van der Waals surface area contributed by atoms with E-state index in [9.17, 15) is 14.9 Å². The van der Waals surface area contributed by atoms with Crippen molar-refractivity contribution in [3.8, 4) is 5.75 Å². The Bertz CT molecular complexity index is 880. The lowest BCUT2D eigenvalue weighted by molar-refractivity contribution is -0.385. The van der Waals surface area contributed by atoms with Gasteiger partial charge < -0.3 is 14.5 Å². The molecule has 1 amide bonds. The van der Waals surface area contributed by atoms with Crippen LogP contribution in [0.25, 0.3) is 6.08 Å². The van der Waals surface area contributed by atoms with Crippen molar-refractivity contribution in [3.05, 3.63) is 58.4 Å². The number of anilines is 1. The Morgan fingerprint density at radius 3 is 2.62 bits per heavy atom. The van der Waals surface area contributed by atoms with Crippen molar-refractivity contribution in [1.29, 1.82) is 0 Å². The summed E-state index contributed by atoms with van der Waals surface area (Å²) in [5, 5.41) is 11.3. The van der Waals surface area contributed by atoms with E-state index in [0.717, 1.165) is 6.42 Å². The predicted molar refractivity (Wildman–Crippen MR) is 109 cm³/mol. The van der Waals surface area contributed by atoms with Gasteiger partial charge in [-0.2, -0.15) is 0 Å². The van der Waals surface area contributed by atoms with Gasteiger partial charge in [-0.15, -0.1) is 0 Å². The van der Waals surface area contributed by atoms with Crippen LogP contribution in [0.3, 0.4) is 0 Å². The van der Waals surface area contributed by atoms with E-state index in [0.29, 0.717) is 44.3 Å². The third-order valence-electron chi connectivity index (χ3n) is 4.49. The molecule has 29 heavy (non-hydrogen) atoms. The number of nitro benzene ring substituents is 1. The van der Waals surface area contributed by atoms with E-state index in [-0.39, 0.29) is 17.3 Å². The Kier molecular flexibility index (Phi) is 6.72.